The monoisotopic (exact) mass is 546 g/mol. The van der Waals surface area contributed by atoms with Crippen LogP contribution in [0.3, 0.4) is 0 Å². The smallest absolute Gasteiger partial charge is 0.253 e. The van der Waals surface area contributed by atoms with Crippen molar-refractivity contribution in [1.82, 2.24) is 5.32 Å². The molecule has 4 N–H and O–H groups in total. The molecule has 1 aliphatic carbocycles. The summed E-state index contributed by atoms with van der Waals surface area (Å²) in [5.41, 5.74) is 7.65. The van der Waals surface area contributed by atoms with Gasteiger partial charge in [0.15, 0.2) is 0 Å². The maximum absolute atomic E-state index is 13.2. The third kappa shape index (κ3) is 6.44. The molecule has 1 saturated carbocycles. The van der Waals surface area contributed by atoms with Crippen LogP contribution in [-0.4, -0.2) is 44.5 Å². The first kappa shape index (κ1) is 27.4. The lowest BCUT2D eigenvalue weighted by molar-refractivity contribution is -0.122. The van der Waals surface area contributed by atoms with E-state index in [0.717, 1.165) is 25.7 Å². The fourth-order valence-corrected chi connectivity index (χ4v) is 5.82. The first-order valence-corrected chi connectivity index (χ1v) is 13.2. The molecule has 4 rings (SSSR count). The van der Waals surface area contributed by atoms with E-state index >= 15 is 0 Å². The molecule has 1 heterocycles. The molecule has 3 unspecified atom stereocenters. The molecule has 198 valence electrons. The summed E-state index contributed by atoms with van der Waals surface area (Å²) in [5, 5.41) is 6.68. The van der Waals surface area contributed by atoms with Gasteiger partial charge in [-0.05, 0) is 73.5 Å². The van der Waals surface area contributed by atoms with Gasteiger partial charge in [0.2, 0.25) is 5.91 Å². The normalized spacial score (nSPS) is 21.6. The van der Waals surface area contributed by atoms with E-state index in [1.54, 1.807) is 36.4 Å². The lowest BCUT2D eigenvalue weighted by Gasteiger charge is -2.31. The number of rotatable bonds is 7. The minimum absolute atomic E-state index is 0.0307. The predicted octanol–water partition coefficient (Wildman–Crippen LogP) is 4.55. The molecule has 0 bridgehead atoms. The standard InChI is InChI=1S/C27H32Cl2N4O4/c1-37-15-26(35)33-23-8-5-18(27(36)31-14-17-4-2-3-16(9-17)13-30)10-22(23)32-25(34)12-24(33)20-7-6-19(28)11-21(20)29/h5-8,10-11,16-17,24H,2-4,9,12-15,30H2,1H3,(H,31,36)(H,32,34). The number of nitrogens with zero attached hydrogens (tertiary/aromatic N) is 1. The van der Waals surface area contributed by atoms with Gasteiger partial charge in [-0.15, -0.1) is 0 Å². The van der Waals surface area contributed by atoms with Gasteiger partial charge >= 0.3 is 0 Å². The van der Waals surface area contributed by atoms with Crippen LogP contribution in [0.15, 0.2) is 36.4 Å². The number of nitrogens with two attached hydrogens (primary N) is 1. The van der Waals surface area contributed by atoms with Crippen molar-refractivity contribution < 1.29 is 19.1 Å². The molecular weight excluding hydrogens is 515 g/mol. The maximum Gasteiger partial charge on any atom is 0.253 e. The molecule has 8 nitrogen and oxygen atoms in total. The molecule has 1 aliphatic heterocycles. The van der Waals surface area contributed by atoms with Crippen LogP contribution in [0.5, 0.6) is 0 Å². The van der Waals surface area contributed by atoms with E-state index in [2.05, 4.69) is 10.6 Å². The van der Waals surface area contributed by atoms with Crippen LogP contribution >= 0.6 is 23.2 Å². The van der Waals surface area contributed by atoms with Gasteiger partial charge in [-0.1, -0.05) is 35.7 Å². The van der Waals surface area contributed by atoms with E-state index in [9.17, 15) is 14.4 Å². The molecule has 3 atom stereocenters. The molecule has 2 aromatic rings. The zero-order valence-corrected chi connectivity index (χ0v) is 22.3. The Morgan fingerprint density at radius 2 is 1.95 bits per heavy atom. The van der Waals surface area contributed by atoms with E-state index in [-0.39, 0.29) is 30.7 Å². The lowest BCUT2D eigenvalue weighted by Crippen LogP contribution is -2.37. The quantitative estimate of drug-likeness (QED) is 0.471. The summed E-state index contributed by atoms with van der Waals surface area (Å²) >= 11 is 12.6. The third-order valence-corrected chi connectivity index (χ3v) is 7.68. The van der Waals surface area contributed by atoms with Crippen LogP contribution in [0.4, 0.5) is 11.4 Å². The second-order valence-electron chi connectivity index (χ2n) is 9.71. The van der Waals surface area contributed by atoms with Crippen LogP contribution in [0.25, 0.3) is 0 Å². The van der Waals surface area contributed by atoms with E-state index < -0.39 is 6.04 Å². The molecule has 10 heteroatoms. The Kier molecular flexibility index (Phi) is 9.08. The van der Waals surface area contributed by atoms with Gasteiger partial charge in [-0.3, -0.25) is 14.4 Å². The molecule has 3 amide bonds. The number of methoxy groups -OCH3 is 1. The van der Waals surface area contributed by atoms with Crippen molar-refractivity contribution in [2.75, 3.05) is 37.0 Å². The highest BCUT2D eigenvalue weighted by Crippen LogP contribution is 2.41. The Labute approximate surface area is 226 Å². The van der Waals surface area contributed by atoms with Gasteiger partial charge < -0.3 is 26.0 Å². The van der Waals surface area contributed by atoms with Crippen LogP contribution < -0.4 is 21.3 Å². The van der Waals surface area contributed by atoms with Gasteiger partial charge in [0.25, 0.3) is 11.8 Å². The Hall–Kier alpha value is -2.65. The Bertz CT molecular complexity index is 1180. The van der Waals surface area contributed by atoms with Gasteiger partial charge in [0.05, 0.1) is 23.8 Å². The zero-order chi connectivity index (χ0) is 26.5. The average Bonchev–Trinajstić information content (AvgIpc) is 3.02. The average molecular weight is 547 g/mol. The van der Waals surface area contributed by atoms with Crippen molar-refractivity contribution in [3.8, 4) is 0 Å². The number of hydrogen-bond donors (Lipinski definition) is 3. The molecule has 0 aromatic heterocycles. The van der Waals surface area contributed by atoms with Gasteiger partial charge in [0, 0.05) is 29.3 Å². The molecule has 2 aromatic carbocycles. The number of nitrogens with one attached hydrogen (secondary N) is 2. The summed E-state index contributed by atoms with van der Waals surface area (Å²) in [6.45, 7) is 1.06. The lowest BCUT2D eigenvalue weighted by atomic mass is 9.81. The highest BCUT2D eigenvalue weighted by atomic mass is 35.5. The number of halogens is 2. The summed E-state index contributed by atoms with van der Waals surface area (Å²) in [4.78, 5) is 40.7. The summed E-state index contributed by atoms with van der Waals surface area (Å²) in [7, 11) is 1.43. The van der Waals surface area contributed by atoms with Gasteiger partial charge in [-0.2, -0.15) is 0 Å². The minimum atomic E-state index is -0.685. The van der Waals surface area contributed by atoms with Crippen LogP contribution in [0.1, 0.15) is 54.1 Å². The highest BCUT2D eigenvalue weighted by molar-refractivity contribution is 6.35. The van der Waals surface area contributed by atoms with Crippen molar-refractivity contribution in [2.45, 2.75) is 38.1 Å². The first-order valence-electron chi connectivity index (χ1n) is 12.5. The number of benzene rings is 2. The van der Waals surface area contributed by atoms with Crippen LogP contribution in [0, 0.1) is 11.8 Å². The second-order valence-corrected chi connectivity index (χ2v) is 10.6. The summed E-state index contributed by atoms with van der Waals surface area (Å²) in [6.07, 6.45) is 4.32. The number of fused-ring (bicyclic) bond motifs is 1. The summed E-state index contributed by atoms with van der Waals surface area (Å²) in [6, 6.07) is 9.20. The molecular formula is C27H32Cl2N4O4. The van der Waals surface area contributed by atoms with E-state index in [1.165, 1.54) is 12.0 Å². The number of anilines is 2. The zero-order valence-electron chi connectivity index (χ0n) is 20.8. The third-order valence-electron chi connectivity index (χ3n) is 7.12. The summed E-state index contributed by atoms with van der Waals surface area (Å²) in [5.74, 6) is 0.0240. The number of ether oxygens (including phenoxy) is 1. The van der Waals surface area contributed by atoms with Crippen LogP contribution in [-0.2, 0) is 14.3 Å². The molecule has 37 heavy (non-hydrogen) atoms. The first-order chi connectivity index (χ1) is 17.8. The fourth-order valence-electron chi connectivity index (χ4n) is 5.29. The Morgan fingerprint density at radius 1 is 1.16 bits per heavy atom. The van der Waals surface area contributed by atoms with Crippen molar-refractivity contribution >= 4 is 52.3 Å². The predicted molar refractivity (Wildman–Crippen MR) is 145 cm³/mol. The molecule has 0 spiro atoms. The summed E-state index contributed by atoms with van der Waals surface area (Å²) < 4.78 is 5.12. The molecule has 1 fully saturated rings. The van der Waals surface area contributed by atoms with Gasteiger partial charge in [-0.25, -0.2) is 0 Å². The number of carbonyl (C=O) groups excluding carboxylic acids is 3. The second kappa shape index (κ2) is 12.3. The molecule has 0 radical (unpaired) electrons. The Morgan fingerprint density at radius 3 is 2.68 bits per heavy atom. The molecule has 2 aliphatic rings. The number of carbonyl (C=O) groups is 3. The topological polar surface area (TPSA) is 114 Å². The van der Waals surface area contributed by atoms with E-state index in [4.69, 9.17) is 33.7 Å². The molecule has 0 saturated heterocycles. The van der Waals surface area contributed by atoms with Crippen molar-refractivity contribution in [1.29, 1.82) is 0 Å². The highest BCUT2D eigenvalue weighted by Gasteiger charge is 2.35. The van der Waals surface area contributed by atoms with E-state index in [1.807, 2.05) is 0 Å². The minimum Gasteiger partial charge on any atom is -0.375 e. The number of amides is 3. The van der Waals surface area contributed by atoms with Gasteiger partial charge in [0.1, 0.15) is 6.61 Å². The van der Waals surface area contributed by atoms with Crippen molar-refractivity contribution in [3.05, 3.63) is 57.6 Å². The fraction of sp³-hybridized carbons (Fsp3) is 0.444. The van der Waals surface area contributed by atoms with Crippen molar-refractivity contribution in [2.24, 2.45) is 17.6 Å². The Balaban J connectivity index is 1.61. The maximum atomic E-state index is 13.2. The van der Waals surface area contributed by atoms with Crippen LogP contribution in [0.2, 0.25) is 10.0 Å². The van der Waals surface area contributed by atoms with Crippen molar-refractivity contribution in [3.63, 3.8) is 0 Å². The van der Waals surface area contributed by atoms with E-state index in [0.29, 0.717) is 57.5 Å². The largest absolute Gasteiger partial charge is 0.375 e. The number of hydrogen-bond acceptors (Lipinski definition) is 5. The SMILES string of the molecule is COCC(=O)N1c2ccc(C(=O)NCC3CCCC(CN)C3)cc2NC(=O)CC1c1ccc(Cl)cc1Cl.